The second-order valence-corrected chi connectivity index (χ2v) is 9.02. The Balaban J connectivity index is 1.57. The largest absolute Gasteiger partial charge is 0.453 e. The van der Waals surface area contributed by atoms with Gasteiger partial charge in [-0.1, -0.05) is 18.9 Å². The minimum absolute atomic E-state index is 0.00232. The highest BCUT2D eigenvalue weighted by molar-refractivity contribution is 7.18. The van der Waals surface area contributed by atoms with Gasteiger partial charge in [-0.05, 0) is 55.9 Å². The number of aromatic amines is 1. The lowest BCUT2D eigenvalue weighted by atomic mass is 9.98. The third-order valence-electron chi connectivity index (χ3n) is 5.86. The fraction of sp³-hybridized carbons (Fsp3) is 0.304. The first kappa shape index (κ1) is 19.7. The van der Waals surface area contributed by atoms with Crippen LogP contribution in [0, 0.1) is 17.0 Å². The molecule has 1 aliphatic carbocycles. The molecule has 0 radical (unpaired) electrons. The van der Waals surface area contributed by atoms with Crippen LogP contribution < -0.4 is 5.56 Å². The summed E-state index contributed by atoms with van der Waals surface area (Å²) in [7, 11) is 0. The van der Waals surface area contributed by atoms with Crippen molar-refractivity contribution in [3.63, 3.8) is 0 Å². The predicted octanol–water partition coefficient (Wildman–Crippen LogP) is 5.79. The minimum atomic E-state index is -0.428. The number of benzene rings is 1. The number of aryl methyl sites for hydroxylation is 3. The Kier molecular flexibility index (Phi) is 4.94. The highest BCUT2D eigenvalue weighted by Gasteiger charge is 2.20. The molecule has 0 amide bonds. The van der Waals surface area contributed by atoms with E-state index in [-0.39, 0.29) is 11.2 Å². The number of nitro benzene ring substituents is 1. The van der Waals surface area contributed by atoms with Crippen LogP contribution in [0.25, 0.3) is 33.1 Å². The number of rotatable bonds is 3. The van der Waals surface area contributed by atoms with Crippen LogP contribution in [0.1, 0.15) is 41.7 Å². The zero-order valence-corrected chi connectivity index (χ0v) is 17.9. The zero-order chi connectivity index (χ0) is 21.5. The standard InChI is InChI=1S/C23H21N3O4S/c1-13-8-9-14(26(28)29)12-16(13)17-10-11-18(30-17)21-24-22(27)20-15-6-4-2-3-5-7-19(15)31-23(20)25-21/h8-12H,2-7H2,1H3,(H,24,25,27). The molecule has 1 aliphatic rings. The Bertz CT molecular complexity index is 1370. The number of nitrogens with zero attached hydrogens (tertiary/aromatic N) is 2. The number of H-pyrrole nitrogens is 1. The topological polar surface area (TPSA) is 102 Å². The molecule has 5 rings (SSSR count). The molecule has 31 heavy (non-hydrogen) atoms. The van der Waals surface area contributed by atoms with Gasteiger partial charge in [-0.15, -0.1) is 11.3 Å². The van der Waals surface area contributed by atoms with Gasteiger partial charge in [0.2, 0.25) is 0 Å². The first-order valence-corrected chi connectivity index (χ1v) is 11.2. The van der Waals surface area contributed by atoms with Gasteiger partial charge in [-0.25, -0.2) is 4.98 Å². The number of thiophene rings is 1. The van der Waals surface area contributed by atoms with Gasteiger partial charge < -0.3 is 9.40 Å². The molecule has 3 heterocycles. The summed E-state index contributed by atoms with van der Waals surface area (Å²) in [6.07, 6.45) is 6.61. The van der Waals surface area contributed by atoms with Gasteiger partial charge in [-0.3, -0.25) is 14.9 Å². The third kappa shape index (κ3) is 3.57. The van der Waals surface area contributed by atoms with Crippen LogP contribution in [0.3, 0.4) is 0 Å². The molecule has 158 valence electrons. The van der Waals surface area contributed by atoms with Crippen molar-refractivity contribution in [2.75, 3.05) is 0 Å². The molecule has 0 fully saturated rings. The van der Waals surface area contributed by atoms with Crippen molar-refractivity contribution < 1.29 is 9.34 Å². The normalized spacial score (nSPS) is 14.2. The van der Waals surface area contributed by atoms with Gasteiger partial charge in [0, 0.05) is 22.6 Å². The fourth-order valence-corrected chi connectivity index (χ4v) is 5.50. The van der Waals surface area contributed by atoms with E-state index < -0.39 is 4.92 Å². The van der Waals surface area contributed by atoms with E-state index in [2.05, 4.69) is 4.98 Å². The van der Waals surface area contributed by atoms with Crippen molar-refractivity contribution in [3.05, 3.63) is 66.8 Å². The molecule has 0 saturated carbocycles. The van der Waals surface area contributed by atoms with Crippen molar-refractivity contribution in [2.45, 2.75) is 45.4 Å². The Labute approximate surface area is 181 Å². The smallest absolute Gasteiger partial charge is 0.270 e. The molecule has 7 nitrogen and oxygen atoms in total. The molecular formula is C23H21N3O4S. The lowest BCUT2D eigenvalue weighted by Crippen LogP contribution is -2.10. The summed E-state index contributed by atoms with van der Waals surface area (Å²) in [6, 6.07) is 8.15. The zero-order valence-electron chi connectivity index (χ0n) is 17.1. The molecule has 1 aromatic carbocycles. The van der Waals surface area contributed by atoms with E-state index in [9.17, 15) is 14.9 Å². The monoisotopic (exact) mass is 435 g/mol. The molecule has 0 unspecified atom stereocenters. The molecule has 0 aliphatic heterocycles. The van der Waals surface area contributed by atoms with Gasteiger partial charge >= 0.3 is 0 Å². The van der Waals surface area contributed by atoms with Gasteiger partial charge in [0.1, 0.15) is 10.6 Å². The summed E-state index contributed by atoms with van der Waals surface area (Å²) in [5.74, 6) is 1.30. The van der Waals surface area contributed by atoms with E-state index >= 15 is 0 Å². The van der Waals surface area contributed by atoms with E-state index in [1.54, 1.807) is 29.5 Å². The molecule has 8 heteroatoms. The van der Waals surface area contributed by atoms with Crippen LogP contribution in [0.4, 0.5) is 5.69 Å². The van der Waals surface area contributed by atoms with Crippen molar-refractivity contribution in [1.29, 1.82) is 0 Å². The Morgan fingerprint density at radius 2 is 1.87 bits per heavy atom. The second kappa shape index (κ2) is 7.77. The summed E-state index contributed by atoms with van der Waals surface area (Å²) in [4.78, 5) is 33.3. The molecule has 1 N–H and O–H groups in total. The maximum Gasteiger partial charge on any atom is 0.270 e. The summed E-state index contributed by atoms with van der Waals surface area (Å²) < 4.78 is 5.97. The Hall–Kier alpha value is -3.26. The number of nitro groups is 1. The third-order valence-corrected chi connectivity index (χ3v) is 7.05. The SMILES string of the molecule is Cc1ccc([N+](=O)[O-])cc1-c1ccc(-c2nc3sc4c(c3c(=O)[nH]2)CCCCCC4)o1. The minimum Gasteiger partial charge on any atom is -0.453 e. The summed E-state index contributed by atoms with van der Waals surface area (Å²) >= 11 is 1.61. The number of nitrogens with one attached hydrogen (secondary N) is 1. The van der Waals surface area contributed by atoms with Crippen molar-refractivity contribution >= 4 is 27.2 Å². The molecule has 0 spiro atoms. The molecule has 0 atom stereocenters. The van der Waals surface area contributed by atoms with Crippen LogP contribution in [0.2, 0.25) is 0 Å². The van der Waals surface area contributed by atoms with E-state index in [4.69, 9.17) is 9.40 Å². The summed E-state index contributed by atoms with van der Waals surface area (Å²) in [5, 5.41) is 11.9. The second-order valence-electron chi connectivity index (χ2n) is 7.93. The van der Waals surface area contributed by atoms with Crippen LogP contribution >= 0.6 is 11.3 Å². The average molecular weight is 436 g/mol. The molecule has 0 bridgehead atoms. The quantitative estimate of drug-likeness (QED) is 0.324. The summed E-state index contributed by atoms with van der Waals surface area (Å²) in [5.41, 5.74) is 2.53. The van der Waals surface area contributed by atoms with Gasteiger partial charge in [-0.2, -0.15) is 0 Å². The number of fused-ring (bicyclic) bond motifs is 3. The lowest BCUT2D eigenvalue weighted by molar-refractivity contribution is -0.384. The average Bonchev–Trinajstić information content (AvgIpc) is 3.33. The number of furan rings is 1. The Morgan fingerprint density at radius 1 is 1.10 bits per heavy atom. The maximum absolute atomic E-state index is 12.9. The first-order valence-electron chi connectivity index (χ1n) is 10.4. The molecular weight excluding hydrogens is 414 g/mol. The van der Waals surface area contributed by atoms with Crippen molar-refractivity contribution in [3.8, 4) is 22.9 Å². The maximum atomic E-state index is 12.9. The van der Waals surface area contributed by atoms with Gasteiger partial charge in [0.15, 0.2) is 11.6 Å². The van der Waals surface area contributed by atoms with E-state index in [1.165, 1.54) is 29.9 Å². The van der Waals surface area contributed by atoms with E-state index in [1.807, 2.05) is 6.92 Å². The number of hydrogen-bond donors (Lipinski definition) is 1. The number of hydrogen-bond acceptors (Lipinski definition) is 6. The molecule has 3 aromatic heterocycles. The highest BCUT2D eigenvalue weighted by atomic mass is 32.1. The van der Waals surface area contributed by atoms with Crippen LogP contribution in [-0.4, -0.2) is 14.9 Å². The Morgan fingerprint density at radius 3 is 2.68 bits per heavy atom. The number of non-ortho nitro benzene ring substituents is 1. The van der Waals surface area contributed by atoms with Gasteiger partial charge in [0.05, 0.1) is 10.3 Å². The summed E-state index contributed by atoms with van der Waals surface area (Å²) in [6.45, 7) is 1.87. The molecule has 0 saturated heterocycles. The predicted molar refractivity (Wildman–Crippen MR) is 121 cm³/mol. The van der Waals surface area contributed by atoms with E-state index in [0.29, 0.717) is 28.3 Å². The first-order chi connectivity index (χ1) is 15.0. The van der Waals surface area contributed by atoms with Crippen molar-refractivity contribution in [2.24, 2.45) is 0 Å². The van der Waals surface area contributed by atoms with Crippen LogP contribution in [-0.2, 0) is 12.8 Å². The highest BCUT2D eigenvalue weighted by Crippen LogP contribution is 2.35. The van der Waals surface area contributed by atoms with E-state index in [0.717, 1.165) is 41.6 Å². The van der Waals surface area contributed by atoms with Crippen LogP contribution in [0.5, 0.6) is 0 Å². The molecule has 4 aromatic rings. The lowest BCUT2D eigenvalue weighted by Gasteiger charge is -2.08. The fourth-order valence-electron chi connectivity index (χ4n) is 4.23. The van der Waals surface area contributed by atoms with Gasteiger partial charge in [0.25, 0.3) is 11.2 Å². The number of aromatic nitrogens is 2. The van der Waals surface area contributed by atoms with Crippen LogP contribution in [0.15, 0.2) is 39.5 Å². The van der Waals surface area contributed by atoms with Crippen molar-refractivity contribution in [1.82, 2.24) is 9.97 Å².